The van der Waals surface area contributed by atoms with E-state index in [1.165, 1.54) is 12.1 Å². The number of hydrogen-bond acceptors (Lipinski definition) is 13. The highest BCUT2D eigenvalue weighted by Crippen LogP contribution is 2.16. The molecule has 1 fully saturated rings. The summed E-state index contributed by atoms with van der Waals surface area (Å²) in [6.07, 6.45) is 2.98. The number of rotatable bonds is 27. The summed E-state index contributed by atoms with van der Waals surface area (Å²) in [6, 6.07) is 8.19. The summed E-state index contributed by atoms with van der Waals surface area (Å²) in [4.78, 5) is 113. The van der Waals surface area contributed by atoms with E-state index in [1.54, 1.807) is 18.3 Å². The second-order valence-electron chi connectivity index (χ2n) is 18.4. The average Bonchev–Trinajstić information content (AvgIpc) is 3.86. The summed E-state index contributed by atoms with van der Waals surface area (Å²) in [6.45, 7) is 7.25. The van der Waals surface area contributed by atoms with Gasteiger partial charge in [0.05, 0.1) is 24.6 Å². The molecule has 0 saturated carbocycles. The van der Waals surface area contributed by atoms with E-state index in [0.717, 1.165) is 22.9 Å². The number of benzene rings is 2. The highest BCUT2D eigenvalue weighted by atomic mass is 16.3. The van der Waals surface area contributed by atoms with Crippen molar-refractivity contribution in [3.63, 3.8) is 0 Å². The number of nitrogens with one attached hydrogen (secondary N) is 9. The van der Waals surface area contributed by atoms with Crippen LogP contribution in [0.25, 0.3) is 10.9 Å². The molecule has 2 heterocycles. The van der Waals surface area contributed by atoms with Gasteiger partial charge in [0.15, 0.2) is 11.7 Å². The molecule has 6 atom stereocenters. The van der Waals surface area contributed by atoms with E-state index in [9.17, 15) is 48.6 Å². The molecule has 70 heavy (non-hydrogen) atoms. The first-order valence-corrected chi connectivity index (χ1v) is 23.7. The molecule has 3 aromatic rings. The zero-order valence-corrected chi connectivity index (χ0v) is 40.3. The summed E-state index contributed by atoms with van der Waals surface area (Å²) >= 11 is 0. The Hall–Kier alpha value is -7.00. The van der Waals surface area contributed by atoms with Gasteiger partial charge in [-0.2, -0.15) is 0 Å². The average molecular weight is 972 g/mol. The molecule has 7 amide bonds. The van der Waals surface area contributed by atoms with Crippen molar-refractivity contribution >= 4 is 64.0 Å². The van der Waals surface area contributed by atoms with Crippen LogP contribution in [0.1, 0.15) is 90.2 Å². The van der Waals surface area contributed by atoms with E-state index in [1.807, 2.05) is 58.0 Å². The Balaban J connectivity index is 1.48. The second-order valence-corrected chi connectivity index (χ2v) is 18.4. The zero-order chi connectivity index (χ0) is 51.3. The molecule has 0 bridgehead atoms. The van der Waals surface area contributed by atoms with Gasteiger partial charge in [0.25, 0.3) is 0 Å². The largest absolute Gasteiger partial charge is 0.508 e. The number of nitrogens with zero attached hydrogens (tertiary/aromatic N) is 1. The Morgan fingerprint density at radius 1 is 0.757 bits per heavy atom. The number of aromatic hydroxyl groups is 1. The van der Waals surface area contributed by atoms with Gasteiger partial charge in [-0.1, -0.05) is 58.0 Å². The van der Waals surface area contributed by atoms with Crippen LogP contribution in [0.2, 0.25) is 0 Å². The standard InChI is InChI=1S/C49H69N11O10/c1-28(2)21-37(45(67)56-36(12-8-20-53-49(50)51)44(66)60-43(65)25-41(63)35-11-7-19-52-35)57-46(68)38(22-29(3)4)58-47(69)39(24-30-13-16-33(62)17-14-30)59-48(70)40(27-61)55-42(64)18-15-31-23-32-9-5-6-10-34(32)54-26-31/h5-6,9-10,13-14,16-17,23,26,28-29,35-40,52,61-62H,7-8,11-12,15,18-22,24-25,27H2,1-4H3,(H,55,64)(H,56,67)(H,57,68)(H,58,69)(H,59,70)(H4,50,51,53)(H,60,65,66)/t35-,36-,37-,38+,39-,40-/m0/s1. The lowest BCUT2D eigenvalue weighted by atomic mass is 9.98. The number of phenolic OH excluding ortho intramolecular Hbond substituents is 1. The molecule has 0 aliphatic carbocycles. The Morgan fingerprint density at radius 3 is 1.96 bits per heavy atom. The number of Topliss-reactive ketones (excluding diaryl/α,β-unsaturated/α-hetero) is 1. The molecule has 0 radical (unpaired) electrons. The van der Waals surface area contributed by atoms with E-state index in [0.29, 0.717) is 24.9 Å². The number of ketones is 1. The third-order valence-electron chi connectivity index (χ3n) is 11.5. The fraction of sp³-hybridized carbons (Fsp3) is 0.510. The van der Waals surface area contributed by atoms with Crippen LogP contribution >= 0.6 is 0 Å². The van der Waals surface area contributed by atoms with Crippen molar-refractivity contribution in [2.45, 2.75) is 128 Å². The zero-order valence-electron chi connectivity index (χ0n) is 40.3. The number of imide groups is 1. The molecule has 4 rings (SSSR count). The van der Waals surface area contributed by atoms with Gasteiger partial charge in [-0.15, -0.1) is 0 Å². The molecule has 0 spiro atoms. The number of pyridine rings is 1. The molecule has 0 unspecified atom stereocenters. The highest BCUT2D eigenvalue weighted by Gasteiger charge is 2.34. The van der Waals surface area contributed by atoms with Gasteiger partial charge < -0.3 is 53.2 Å². The quantitative estimate of drug-likeness (QED) is 0.0211. The maximum absolute atomic E-state index is 14.2. The SMILES string of the molecule is CC(C)C[C@H](NC(=O)[C@@H](CC(C)C)NC(=O)[C@H](Cc1ccc(O)cc1)NC(=O)[C@H](CO)NC(=O)CCc1cnc2ccccc2c1)C(=O)N[C@@H](CCCNC(=N)N)C(=O)NC(=O)CC(=O)[C@@H]1CCCN1. The number of para-hydroxylation sites is 1. The summed E-state index contributed by atoms with van der Waals surface area (Å²) in [7, 11) is 0. The number of carbonyl (C=O) groups excluding carboxylic acids is 8. The number of amides is 7. The van der Waals surface area contributed by atoms with Gasteiger partial charge in [0.2, 0.25) is 41.4 Å². The molecular formula is C49H69N11O10. The van der Waals surface area contributed by atoms with E-state index in [2.05, 4.69) is 47.5 Å². The number of carbonyl (C=O) groups is 8. The van der Waals surface area contributed by atoms with Gasteiger partial charge >= 0.3 is 0 Å². The van der Waals surface area contributed by atoms with Crippen molar-refractivity contribution in [1.82, 2.24) is 47.5 Å². The number of hydrogen-bond donors (Lipinski definition) is 12. The Bertz CT molecular complexity index is 2300. The van der Waals surface area contributed by atoms with Gasteiger partial charge in [-0.3, -0.25) is 54.1 Å². The molecule has 1 aromatic heterocycles. The first kappa shape index (κ1) is 55.6. The monoisotopic (exact) mass is 972 g/mol. The first-order valence-electron chi connectivity index (χ1n) is 23.7. The van der Waals surface area contributed by atoms with Crippen LogP contribution in [-0.4, -0.2) is 124 Å². The first-order chi connectivity index (χ1) is 33.3. The number of nitrogens with two attached hydrogens (primary N) is 1. The lowest BCUT2D eigenvalue weighted by molar-refractivity contribution is -0.137. The number of aliphatic hydroxyl groups is 1. The predicted octanol–water partition coefficient (Wildman–Crippen LogP) is 0.241. The smallest absolute Gasteiger partial charge is 0.249 e. The summed E-state index contributed by atoms with van der Waals surface area (Å²) in [5, 5.41) is 49.5. The fourth-order valence-electron chi connectivity index (χ4n) is 7.85. The molecular weight excluding hydrogens is 903 g/mol. The normalized spacial score (nSPS) is 15.4. The maximum atomic E-state index is 14.2. The van der Waals surface area contributed by atoms with Crippen molar-refractivity contribution in [2.75, 3.05) is 19.7 Å². The Morgan fingerprint density at radius 2 is 1.36 bits per heavy atom. The summed E-state index contributed by atoms with van der Waals surface area (Å²) in [5.41, 5.74) is 7.50. The van der Waals surface area contributed by atoms with Crippen molar-refractivity contribution in [2.24, 2.45) is 17.6 Å². The Labute approximate surface area is 407 Å². The van der Waals surface area contributed by atoms with Crippen molar-refractivity contribution in [3.8, 4) is 5.75 Å². The second kappa shape index (κ2) is 27.9. The number of aryl methyl sites for hydroxylation is 1. The molecule has 380 valence electrons. The summed E-state index contributed by atoms with van der Waals surface area (Å²) < 4.78 is 0. The highest BCUT2D eigenvalue weighted by molar-refractivity contribution is 6.08. The molecule has 2 aromatic carbocycles. The number of aliphatic hydroxyl groups excluding tert-OH is 1. The minimum Gasteiger partial charge on any atom is -0.508 e. The van der Waals surface area contributed by atoms with Crippen molar-refractivity contribution < 1.29 is 48.6 Å². The maximum Gasteiger partial charge on any atom is 0.249 e. The molecule has 1 aliphatic rings. The fourth-order valence-corrected chi connectivity index (χ4v) is 7.85. The number of fused-ring (bicyclic) bond motifs is 1. The van der Waals surface area contributed by atoms with Crippen LogP contribution in [0.15, 0.2) is 60.8 Å². The minimum absolute atomic E-state index is 0.0182. The number of phenols is 1. The molecule has 21 heteroatoms. The topological polar surface area (TPSA) is 336 Å². The van der Waals surface area contributed by atoms with Crippen LogP contribution in [0.4, 0.5) is 0 Å². The van der Waals surface area contributed by atoms with Crippen LogP contribution in [0, 0.1) is 17.2 Å². The van der Waals surface area contributed by atoms with E-state index >= 15 is 0 Å². The number of guanidine groups is 1. The van der Waals surface area contributed by atoms with Gasteiger partial charge in [-0.05, 0) is 98.7 Å². The third kappa shape index (κ3) is 18.8. The molecule has 13 N–H and O–H groups in total. The van der Waals surface area contributed by atoms with Crippen LogP contribution in [0.5, 0.6) is 5.75 Å². The lowest BCUT2D eigenvalue weighted by Crippen LogP contribution is -2.60. The van der Waals surface area contributed by atoms with Crippen molar-refractivity contribution in [3.05, 3.63) is 71.9 Å². The Kier molecular flexibility index (Phi) is 22.1. The van der Waals surface area contributed by atoms with E-state index in [-0.39, 0.29) is 74.4 Å². The third-order valence-corrected chi connectivity index (χ3v) is 11.5. The lowest BCUT2D eigenvalue weighted by Gasteiger charge is -2.28. The van der Waals surface area contributed by atoms with Gasteiger partial charge in [0.1, 0.15) is 36.0 Å². The predicted molar refractivity (Wildman–Crippen MR) is 260 cm³/mol. The van der Waals surface area contributed by atoms with Crippen LogP contribution in [-0.2, 0) is 51.2 Å². The van der Waals surface area contributed by atoms with Crippen LogP contribution < -0.4 is 48.3 Å². The van der Waals surface area contributed by atoms with Gasteiger partial charge in [-0.25, -0.2) is 0 Å². The minimum atomic E-state index is -1.45. The number of aromatic nitrogens is 1. The van der Waals surface area contributed by atoms with E-state index in [4.69, 9.17) is 11.1 Å². The van der Waals surface area contributed by atoms with E-state index < -0.39 is 90.6 Å². The molecule has 21 nitrogen and oxygen atoms in total. The molecule has 1 saturated heterocycles. The van der Waals surface area contributed by atoms with Crippen molar-refractivity contribution in [1.29, 1.82) is 5.41 Å². The molecule has 1 aliphatic heterocycles. The van der Waals surface area contributed by atoms with Crippen LogP contribution in [0.3, 0.4) is 0 Å². The summed E-state index contributed by atoms with van der Waals surface area (Å²) in [5.74, 6) is -6.52. The van der Waals surface area contributed by atoms with Gasteiger partial charge in [0, 0.05) is 31.0 Å².